The Bertz CT molecular complexity index is 996. The van der Waals surface area contributed by atoms with Crippen LogP contribution in [0.3, 0.4) is 0 Å². The molecule has 0 radical (unpaired) electrons. The van der Waals surface area contributed by atoms with Crippen LogP contribution in [0.25, 0.3) is 10.9 Å². The number of para-hydroxylation sites is 1. The molecule has 8 heteroatoms. The Hall–Kier alpha value is -3.00. The average molecular weight is 371 g/mol. The minimum atomic E-state index is -0.948. The fourth-order valence-electron chi connectivity index (χ4n) is 2.32. The molecule has 0 aliphatic carbocycles. The number of hydrogen-bond donors (Lipinski definition) is 1. The highest BCUT2D eigenvalue weighted by Crippen LogP contribution is 2.26. The van der Waals surface area contributed by atoms with Crippen molar-refractivity contribution in [3.05, 3.63) is 70.5 Å². The Labute approximate surface area is 152 Å². The summed E-state index contributed by atoms with van der Waals surface area (Å²) in [5.74, 6) is -1.30. The Balaban J connectivity index is 1.71. The molecule has 0 unspecified atom stereocenters. The second kappa shape index (κ2) is 7.49. The number of nitrogens with zero attached hydrogens (tertiary/aromatic N) is 2. The van der Waals surface area contributed by atoms with Gasteiger partial charge >= 0.3 is 5.69 Å². The van der Waals surface area contributed by atoms with Gasteiger partial charge in [-0.1, -0.05) is 36.0 Å². The first-order valence-corrected chi connectivity index (χ1v) is 8.59. The zero-order valence-corrected chi connectivity index (χ0v) is 14.5. The molecule has 1 heterocycles. The number of nitro benzene ring substituents is 1. The molecule has 3 aromatic rings. The summed E-state index contributed by atoms with van der Waals surface area (Å²) in [6.45, 7) is 1.70. The van der Waals surface area contributed by atoms with Crippen molar-refractivity contribution < 1.29 is 14.1 Å². The molecule has 0 fully saturated rings. The molecule has 1 aromatic heterocycles. The normalized spacial score (nSPS) is 11.9. The standard InChI is InChI=1S/C18H14FN3O3S/c1-11(26-17-9-6-12-4-2-3-5-15(12)21-17)18(23)20-13-7-8-14(19)16(10-13)22(24)25/h2-11H,1H3,(H,20,23)/t11-/m0/s1. The third-order valence-electron chi connectivity index (χ3n) is 3.65. The number of nitro groups is 1. The summed E-state index contributed by atoms with van der Waals surface area (Å²) in [6, 6.07) is 14.7. The van der Waals surface area contributed by atoms with Gasteiger partial charge in [0.25, 0.3) is 0 Å². The highest BCUT2D eigenvalue weighted by Gasteiger charge is 2.19. The second-order valence-electron chi connectivity index (χ2n) is 5.51. The van der Waals surface area contributed by atoms with Crippen molar-refractivity contribution in [3.8, 4) is 0 Å². The van der Waals surface area contributed by atoms with Gasteiger partial charge in [0, 0.05) is 17.1 Å². The van der Waals surface area contributed by atoms with E-state index in [0.29, 0.717) is 5.03 Å². The molecule has 1 N–H and O–H groups in total. The number of hydrogen-bond acceptors (Lipinski definition) is 5. The molecule has 3 rings (SSSR count). The molecule has 1 atom stereocenters. The van der Waals surface area contributed by atoms with Crippen LogP contribution in [0.15, 0.2) is 59.6 Å². The lowest BCUT2D eigenvalue weighted by molar-refractivity contribution is -0.387. The highest BCUT2D eigenvalue weighted by atomic mass is 32.2. The van der Waals surface area contributed by atoms with E-state index in [1.807, 2.05) is 36.4 Å². The Morgan fingerprint density at radius 2 is 2.00 bits per heavy atom. The number of rotatable bonds is 5. The number of benzene rings is 2. The maximum atomic E-state index is 13.4. The monoisotopic (exact) mass is 371 g/mol. The largest absolute Gasteiger partial charge is 0.325 e. The molecule has 2 aromatic carbocycles. The van der Waals surface area contributed by atoms with Gasteiger partial charge in [-0.3, -0.25) is 14.9 Å². The quantitative estimate of drug-likeness (QED) is 0.408. The van der Waals surface area contributed by atoms with Crippen molar-refractivity contribution >= 4 is 39.9 Å². The lowest BCUT2D eigenvalue weighted by Gasteiger charge is -2.12. The van der Waals surface area contributed by atoms with E-state index in [1.165, 1.54) is 17.8 Å². The molecule has 0 aliphatic rings. The topological polar surface area (TPSA) is 85.1 Å². The second-order valence-corrected chi connectivity index (χ2v) is 6.88. The van der Waals surface area contributed by atoms with E-state index in [-0.39, 0.29) is 11.6 Å². The molecule has 0 aliphatic heterocycles. The fourth-order valence-corrected chi connectivity index (χ4v) is 3.15. The summed E-state index contributed by atoms with van der Waals surface area (Å²) in [6.07, 6.45) is 0. The molecular formula is C18H14FN3O3S. The molecule has 0 bridgehead atoms. The summed E-state index contributed by atoms with van der Waals surface area (Å²) in [7, 11) is 0. The minimum absolute atomic E-state index is 0.169. The highest BCUT2D eigenvalue weighted by molar-refractivity contribution is 8.00. The van der Waals surface area contributed by atoms with Gasteiger partial charge in [-0.15, -0.1) is 0 Å². The minimum Gasteiger partial charge on any atom is -0.325 e. The van der Waals surface area contributed by atoms with Crippen LogP contribution in [0.5, 0.6) is 0 Å². The van der Waals surface area contributed by atoms with Crippen molar-refractivity contribution in [2.24, 2.45) is 0 Å². The summed E-state index contributed by atoms with van der Waals surface area (Å²) in [5, 5.41) is 14.6. The SMILES string of the molecule is C[C@H](Sc1ccc2ccccc2n1)C(=O)Nc1ccc(F)c([N+](=O)[O-])c1. The van der Waals surface area contributed by atoms with Crippen molar-refractivity contribution in [3.63, 3.8) is 0 Å². The predicted octanol–water partition coefficient (Wildman–Crippen LogP) is 4.40. The van der Waals surface area contributed by atoms with Gasteiger partial charge in [-0.25, -0.2) is 4.98 Å². The van der Waals surface area contributed by atoms with Crippen molar-refractivity contribution in [2.75, 3.05) is 5.32 Å². The van der Waals surface area contributed by atoms with Gasteiger partial charge in [0.15, 0.2) is 0 Å². The number of pyridine rings is 1. The first kappa shape index (κ1) is 17.8. The Morgan fingerprint density at radius 3 is 2.77 bits per heavy atom. The number of carbonyl (C=O) groups excluding carboxylic acids is 1. The molecule has 132 valence electrons. The summed E-state index contributed by atoms with van der Waals surface area (Å²) in [4.78, 5) is 26.8. The molecule has 26 heavy (non-hydrogen) atoms. The van der Waals surface area contributed by atoms with Gasteiger partial charge in [0.2, 0.25) is 11.7 Å². The maximum Gasteiger partial charge on any atom is 0.306 e. The van der Waals surface area contributed by atoms with Crippen LogP contribution >= 0.6 is 11.8 Å². The Morgan fingerprint density at radius 1 is 1.23 bits per heavy atom. The zero-order valence-electron chi connectivity index (χ0n) is 13.7. The van der Waals surface area contributed by atoms with Gasteiger partial charge in [-0.2, -0.15) is 4.39 Å². The molecule has 0 saturated heterocycles. The van der Waals surface area contributed by atoms with E-state index in [9.17, 15) is 19.3 Å². The van der Waals surface area contributed by atoms with Crippen molar-refractivity contribution in [2.45, 2.75) is 17.2 Å². The smallest absolute Gasteiger partial charge is 0.306 e. The lowest BCUT2D eigenvalue weighted by Crippen LogP contribution is -2.22. The van der Waals surface area contributed by atoms with E-state index in [1.54, 1.807) is 6.92 Å². The fraction of sp³-hybridized carbons (Fsp3) is 0.111. The summed E-state index contributed by atoms with van der Waals surface area (Å²) < 4.78 is 13.4. The van der Waals surface area contributed by atoms with Gasteiger partial charge < -0.3 is 5.32 Å². The van der Waals surface area contributed by atoms with Gasteiger partial charge in [0.05, 0.1) is 20.7 Å². The number of nitrogens with one attached hydrogen (secondary N) is 1. The average Bonchev–Trinajstić information content (AvgIpc) is 2.63. The van der Waals surface area contributed by atoms with Crippen LogP contribution in [-0.4, -0.2) is 21.1 Å². The third kappa shape index (κ3) is 3.97. The summed E-state index contributed by atoms with van der Waals surface area (Å²) >= 11 is 1.27. The van der Waals surface area contributed by atoms with Gasteiger partial charge in [-0.05, 0) is 31.2 Å². The van der Waals surface area contributed by atoms with Gasteiger partial charge in [0.1, 0.15) is 0 Å². The molecule has 1 amide bonds. The van der Waals surface area contributed by atoms with E-state index < -0.39 is 21.7 Å². The first-order chi connectivity index (χ1) is 12.4. The number of thioether (sulfide) groups is 1. The predicted molar refractivity (Wildman–Crippen MR) is 98.7 cm³/mol. The van der Waals surface area contributed by atoms with Crippen LogP contribution in [-0.2, 0) is 4.79 Å². The number of carbonyl (C=O) groups is 1. The molecule has 0 saturated carbocycles. The van der Waals surface area contributed by atoms with Crippen LogP contribution in [0.4, 0.5) is 15.8 Å². The maximum absolute atomic E-state index is 13.4. The molecule has 6 nitrogen and oxygen atoms in total. The third-order valence-corrected chi connectivity index (χ3v) is 4.69. The number of aromatic nitrogens is 1. The number of anilines is 1. The van der Waals surface area contributed by atoms with Crippen LogP contribution < -0.4 is 5.32 Å². The number of halogens is 1. The molecular weight excluding hydrogens is 357 g/mol. The van der Waals surface area contributed by atoms with E-state index in [0.717, 1.165) is 23.0 Å². The van der Waals surface area contributed by atoms with Crippen molar-refractivity contribution in [1.29, 1.82) is 0 Å². The zero-order chi connectivity index (χ0) is 18.7. The van der Waals surface area contributed by atoms with Crippen LogP contribution in [0.2, 0.25) is 0 Å². The van der Waals surface area contributed by atoms with Crippen molar-refractivity contribution in [1.82, 2.24) is 4.98 Å². The van der Waals surface area contributed by atoms with E-state index in [2.05, 4.69) is 10.3 Å². The van der Waals surface area contributed by atoms with Crippen LogP contribution in [0, 0.1) is 15.9 Å². The summed E-state index contributed by atoms with van der Waals surface area (Å²) in [5.41, 5.74) is 0.320. The number of fused-ring (bicyclic) bond motifs is 1. The Kier molecular flexibility index (Phi) is 5.13. The van der Waals surface area contributed by atoms with Crippen LogP contribution in [0.1, 0.15) is 6.92 Å². The number of amides is 1. The lowest BCUT2D eigenvalue weighted by atomic mass is 10.2. The first-order valence-electron chi connectivity index (χ1n) is 7.71. The van der Waals surface area contributed by atoms with E-state index in [4.69, 9.17) is 0 Å². The molecule has 0 spiro atoms. The van der Waals surface area contributed by atoms with E-state index >= 15 is 0 Å².